The average molecular weight is 262 g/mol. The first-order valence-corrected chi connectivity index (χ1v) is 6.81. The van der Waals surface area contributed by atoms with Gasteiger partial charge in [0.05, 0.1) is 6.10 Å². The van der Waals surface area contributed by atoms with Crippen LogP contribution in [0.4, 0.5) is 0 Å². The monoisotopic (exact) mass is 262 g/mol. The van der Waals surface area contributed by atoms with Gasteiger partial charge < -0.3 is 15.8 Å². The van der Waals surface area contributed by atoms with E-state index in [1.54, 1.807) is 7.11 Å². The number of amides is 1. The molecule has 0 aliphatic heterocycles. The Bertz CT molecular complexity index is 402. The summed E-state index contributed by atoms with van der Waals surface area (Å²) in [7, 11) is 1.71. The quantitative estimate of drug-likeness (QED) is 0.821. The molecule has 4 nitrogen and oxygen atoms in total. The lowest BCUT2D eigenvalue weighted by atomic mass is 9.89. The van der Waals surface area contributed by atoms with E-state index in [1.807, 2.05) is 30.3 Å². The summed E-state index contributed by atoms with van der Waals surface area (Å²) in [6.07, 6.45) is 3.32. The van der Waals surface area contributed by atoms with Crippen molar-refractivity contribution in [3.63, 3.8) is 0 Å². The van der Waals surface area contributed by atoms with Crippen LogP contribution < -0.4 is 11.1 Å². The lowest BCUT2D eigenvalue weighted by Crippen LogP contribution is -2.47. The van der Waals surface area contributed by atoms with Crippen molar-refractivity contribution in [3.8, 4) is 0 Å². The topological polar surface area (TPSA) is 64.3 Å². The summed E-state index contributed by atoms with van der Waals surface area (Å²) in [6, 6.07) is 10.1. The van der Waals surface area contributed by atoms with Crippen molar-refractivity contribution in [1.29, 1.82) is 0 Å². The standard InChI is InChI=1S/C15H22N2O2/c1-19-13-9-12(10-13)17-15(18)8-7-14(16)11-5-3-2-4-6-11/h2-6,12-14H,7-10,16H2,1H3,(H,17,18). The maximum atomic E-state index is 11.8. The number of rotatable bonds is 6. The first-order chi connectivity index (χ1) is 9.19. The second kappa shape index (κ2) is 6.68. The molecule has 1 aliphatic carbocycles. The van der Waals surface area contributed by atoms with Gasteiger partial charge in [-0.1, -0.05) is 30.3 Å². The molecule has 1 amide bonds. The lowest BCUT2D eigenvalue weighted by Gasteiger charge is -2.34. The van der Waals surface area contributed by atoms with Crippen LogP contribution in [0.5, 0.6) is 0 Å². The zero-order chi connectivity index (χ0) is 13.7. The molecule has 19 heavy (non-hydrogen) atoms. The largest absolute Gasteiger partial charge is 0.381 e. The third-order valence-corrected chi connectivity index (χ3v) is 3.70. The Morgan fingerprint density at radius 1 is 1.42 bits per heavy atom. The fraction of sp³-hybridized carbons (Fsp3) is 0.533. The van der Waals surface area contributed by atoms with Gasteiger partial charge in [0.25, 0.3) is 0 Å². The molecule has 1 unspecified atom stereocenters. The molecule has 1 aliphatic rings. The zero-order valence-electron chi connectivity index (χ0n) is 11.3. The van der Waals surface area contributed by atoms with Crippen LogP contribution in [0.3, 0.4) is 0 Å². The third kappa shape index (κ3) is 4.04. The summed E-state index contributed by atoms with van der Waals surface area (Å²) in [4.78, 5) is 11.8. The van der Waals surface area contributed by atoms with Gasteiger partial charge in [0.1, 0.15) is 0 Å². The number of nitrogens with two attached hydrogens (primary N) is 1. The van der Waals surface area contributed by atoms with Crippen molar-refractivity contribution >= 4 is 5.91 Å². The molecule has 1 aromatic carbocycles. The van der Waals surface area contributed by atoms with E-state index < -0.39 is 0 Å². The van der Waals surface area contributed by atoms with Crippen molar-refractivity contribution in [3.05, 3.63) is 35.9 Å². The number of benzene rings is 1. The molecule has 0 aromatic heterocycles. The second-order valence-corrected chi connectivity index (χ2v) is 5.15. The minimum atomic E-state index is -0.0694. The van der Waals surface area contributed by atoms with Crippen molar-refractivity contribution in [2.24, 2.45) is 5.73 Å². The first-order valence-electron chi connectivity index (χ1n) is 6.81. The predicted octanol–water partition coefficient (Wildman–Crippen LogP) is 1.76. The van der Waals surface area contributed by atoms with E-state index in [1.165, 1.54) is 0 Å². The van der Waals surface area contributed by atoms with E-state index in [0.717, 1.165) is 18.4 Å². The van der Waals surface area contributed by atoms with Crippen LogP contribution in [0.15, 0.2) is 30.3 Å². The van der Waals surface area contributed by atoms with E-state index in [2.05, 4.69) is 5.32 Å². The molecule has 1 fully saturated rings. The minimum absolute atomic E-state index is 0.0694. The van der Waals surface area contributed by atoms with E-state index in [9.17, 15) is 4.79 Å². The summed E-state index contributed by atoms with van der Waals surface area (Å²) >= 11 is 0. The van der Waals surface area contributed by atoms with Gasteiger partial charge in [-0.25, -0.2) is 0 Å². The molecule has 1 atom stereocenters. The molecule has 0 saturated heterocycles. The van der Waals surface area contributed by atoms with Crippen LogP contribution in [0.25, 0.3) is 0 Å². The van der Waals surface area contributed by atoms with Gasteiger partial charge in [-0.2, -0.15) is 0 Å². The predicted molar refractivity (Wildman–Crippen MR) is 74.6 cm³/mol. The SMILES string of the molecule is COC1CC(NC(=O)CCC(N)c2ccccc2)C1. The fourth-order valence-electron chi connectivity index (χ4n) is 2.33. The van der Waals surface area contributed by atoms with Crippen molar-refractivity contribution in [2.75, 3.05) is 7.11 Å². The van der Waals surface area contributed by atoms with Gasteiger partial charge in [0, 0.05) is 25.6 Å². The van der Waals surface area contributed by atoms with Gasteiger partial charge in [0.15, 0.2) is 0 Å². The molecule has 1 aromatic rings. The molecule has 0 bridgehead atoms. The Labute approximate surface area is 114 Å². The lowest BCUT2D eigenvalue weighted by molar-refractivity contribution is -0.123. The Kier molecular flexibility index (Phi) is 4.93. The normalized spacial score (nSPS) is 23.5. The average Bonchev–Trinajstić information content (AvgIpc) is 2.40. The molecule has 3 N–H and O–H groups in total. The van der Waals surface area contributed by atoms with Crippen LogP contribution in [-0.4, -0.2) is 25.2 Å². The number of nitrogens with one attached hydrogen (secondary N) is 1. The number of hydrogen-bond donors (Lipinski definition) is 2. The molecule has 1 saturated carbocycles. The summed E-state index contributed by atoms with van der Waals surface area (Å²) in [5, 5.41) is 3.01. The van der Waals surface area contributed by atoms with Crippen LogP contribution in [-0.2, 0) is 9.53 Å². The molecule has 4 heteroatoms. The van der Waals surface area contributed by atoms with Crippen LogP contribution in [0.2, 0.25) is 0 Å². The van der Waals surface area contributed by atoms with Gasteiger partial charge in [-0.15, -0.1) is 0 Å². The zero-order valence-corrected chi connectivity index (χ0v) is 11.3. The summed E-state index contributed by atoms with van der Waals surface area (Å²) in [5.41, 5.74) is 7.15. The highest BCUT2D eigenvalue weighted by atomic mass is 16.5. The maximum Gasteiger partial charge on any atom is 0.220 e. The molecule has 0 spiro atoms. The number of carbonyl (C=O) groups is 1. The minimum Gasteiger partial charge on any atom is -0.381 e. The van der Waals surface area contributed by atoms with Crippen molar-refractivity contribution in [1.82, 2.24) is 5.32 Å². The number of carbonyl (C=O) groups excluding carboxylic acids is 1. The number of ether oxygens (including phenoxy) is 1. The van der Waals surface area contributed by atoms with Crippen LogP contribution >= 0.6 is 0 Å². The highest BCUT2D eigenvalue weighted by Gasteiger charge is 2.29. The summed E-state index contributed by atoms with van der Waals surface area (Å²) in [6.45, 7) is 0. The van der Waals surface area contributed by atoms with E-state index in [-0.39, 0.29) is 18.0 Å². The Morgan fingerprint density at radius 2 is 2.11 bits per heavy atom. The van der Waals surface area contributed by atoms with Crippen LogP contribution in [0.1, 0.15) is 37.3 Å². The first kappa shape index (κ1) is 14.0. The fourth-order valence-corrected chi connectivity index (χ4v) is 2.33. The van der Waals surface area contributed by atoms with E-state index in [0.29, 0.717) is 18.9 Å². The Hall–Kier alpha value is -1.39. The van der Waals surface area contributed by atoms with Crippen molar-refractivity contribution < 1.29 is 9.53 Å². The number of hydrogen-bond acceptors (Lipinski definition) is 3. The van der Waals surface area contributed by atoms with Gasteiger partial charge in [0.2, 0.25) is 5.91 Å². The molecular formula is C15H22N2O2. The third-order valence-electron chi connectivity index (χ3n) is 3.70. The smallest absolute Gasteiger partial charge is 0.220 e. The van der Waals surface area contributed by atoms with Gasteiger partial charge >= 0.3 is 0 Å². The van der Waals surface area contributed by atoms with Crippen LogP contribution in [0, 0.1) is 0 Å². The second-order valence-electron chi connectivity index (χ2n) is 5.15. The van der Waals surface area contributed by atoms with Gasteiger partial charge in [-0.3, -0.25) is 4.79 Å². The molecular weight excluding hydrogens is 240 g/mol. The summed E-state index contributed by atoms with van der Waals surface area (Å²) in [5.74, 6) is 0.0888. The Morgan fingerprint density at radius 3 is 2.74 bits per heavy atom. The highest BCUT2D eigenvalue weighted by Crippen LogP contribution is 2.23. The molecule has 0 radical (unpaired) electrons. The Balaban J connectivity index is 1.66. The summed E-state index contributed by atoms with van der Waals surface area (Å²) < 4.78 is 5.18. The highest BCUT2D eigenvalue weighted by molar-refractivity contribution is 5.76. The molecule has 0 heterocycles. The molecule has 2 rings (SSSR count). The van der Waals surface area contributed by atoms with Gasteiger partial charge in [-0.05, 0) is 24.8 Å². The number of methoxy groups -OCH3 is 1. The molecule has 104 valence electrons. The van der Waals surface area contributed by atoms with E-state index >= 15 is 0 Å². The maximum absolute atomic E-state index is 11.8. The van der Waals surface area contributed by atoms with E-state index in [4.69, 9.17) is 10.5 Å². The van der Waals surface area contributed by atoms with Crippen molar-refractivity contribution in [2.45, 2.75) is 43.9 Å².